The molecule has 7 heteroatoms. The van der Waals surface area contributed by atoms with Crippen molar-refractivity contribution in [1.82, 2.24) is 9.44 Å². The summed E-state index contributed by atoms with van der Waals surface area (Å²) in [5.41, 5.74) is 3.66. The molecule has 2 saturated heterocycles. The van der Waals surface area contributed by atoms with Gasteiger partial charge in [0.25, 0.3) is 0 Å². The van der Waals surface area contributed by atoms with Crippen molar-refractivity contribution in [1.29, 1.82) is 0 Å². The first-order chi connectivity index (χ1) is 14.1. The molecular weight excluding hydrogens is 388 g/mol. The molecule has 2 aliphatic carbocycles. The van der Waals surface area contributed by atoms with Gasteiger partial charge in [-0.1, -0.05) is 87.8 Å². The molecule has 0 aromatic heterocycles. The zero-order chi connectivity index (χ0) is 23.4. The average molecular weight is 430 g/mol. The largest absolute Gasteiger partial charge is 0.375 e. The highest BCUT2D eigenvalue weighted by Crippen LogP contribution is 2.70. The maximum absolute atomic E-state index is 2.81. The molecule has 2 fully saturated rings. The first kappa shape index (κ1) is 23.5. The van der Waals surface area contributed by atoms with Crippen molar-refractivity contribution in [2.75, 3.05) is 0 Å². The maximum Gasteiger partial charge on any atom is 0.239 e. The number of hydrogen-bond acceptors (Lipinski definition) is 2. The van der Waals surface area contributed by atoms with Crippen LogP contribution in [0.15, 0.2) is 47.4 Å². The average Bonchev–Trinajstić information content (AvgIpc) is 3.31. The minimum atomic E-state index is -1.98. The molecule has 0 aromatic rings. The lowest BCUT2D eigenvalue weighted by atomic mass is 9.50. The monoisotopic (exact) mass is 430 g/mol. The van der Waals surface area contributed by atoms with E-state index in [1.165, 1.54) is 0 Å². The number of fused-ring (bicyclic) bond motifs is 2. The van der Waals surface area contributed by atoms with Gasteiger partial charge < -0.3 is 9.44 Å². The van der Waals surface area contributed by atoms with Crippen molar-refractivity contribution in [3.05, 3.63) is 47.4 Å². The first-order valence-electron chi connectivity index (χ1n) is 12.4. The zero-order valence-corrected chi connectivity index (χ0v) is 23.2. The van der Waals surface area contributed by atoms with Crippen molar-refractivity contribution in [2.45, 2.75) is 103 Å². The van der Waals surface area contributed by atoms with Crippen LogP contribution in [0, 0.1) is 0 Å². The molecule has 0 amide bonds. The summed E-state index contributed by atoms with van der Waals surface area (Å²) in [5, 5.41) is 0. The van der Waals surface area contributed by atoms with Crippen LogP contribution in [0.25, 0.3) is 0 Å². The molecular formula is C24H42B4N2Si. The van der Waals surface area contributed by atoms with E-state index in [9.17, 15) is 0 Å². The Morgan fingerprint density at radius 1 is 0.677 bits per heavy atom. The highest BCUT2D eigenvalue weighted by molar-refractivity contribution is 7.11. The normalized spacial score (nSPS) is 31.7. The van der Waals surface area contributed by atoms with Gasteiger partial charge in [0, 0.05) is 0 Å². The summed E-state index contributed by atoms with van der Waals surface area (Å²) < 4.78 is 5.61. The third kappa shape index (κ3) is 2.63. The van der Waals surface area contributed by atoms with Crippen molar-refractivity contribution < 1.29 is 0 Å². The minimum Gasteiger partial charge on any atom is -0.375 e. The Morgan fingerprint density at radius 3 is 1.29 bits per heavy atom. The summed E-state index contributed by atoms with van der Waals surface area (Å²) in [5.74, 6) is 0. The van der Waals surface area contributed by atoms with E-state index < -0.39 is 8.07 Å². The lowest BCUT2D eigenvalue weighted by Crippen LogP contribution is -2.64. The molecule has 0 bridgehead atoms. The van der Waals surface area contributed by atoms with Gasteiger partial charge in [-0.05, 0) is 62.5 Å². The van der Waals surface area contributed by atoms with E-state index in [1.807, 2.05) is 0 Å². The van der Waals surface area contributed by atoms with Crippen LogP contribution in [0.3, 0.4) is 0 Å². The van der Waals surface area contributed by atoms with Crippen LogP contribution >= 0.6 is 0 Å². The Bertz CT molecular complexity index is 838. The Labute approximate surface area is 195 Å². The molecule has 164 valence electrons. The number of rotatable bonds is 2. The fraction of sp³-hybridized carbons (Fsp3) is 0.667. The van der Waals surface area contributed by atoms with E-state index in [2.05, 4.69) is 128 Å². The van der Waals surface area contributed by atoms with Gasteiger partial charge in [-0.15, -0.1) is 0 Å². The molecule has 4 rings (SSSR count). The predicted molar refractivity (Wildman–Crippen MR) is 147 cm³/mol. The fourth-order valence-corrected chi connectivity index (χ4v) is 15.2. The summed E-state index contributed by atoms with van der Waals surface area (Å²) in [6.45, 7) is 31.7. The quantitative estimate of drug-likeness (QED) is 0.494. The van der Waals surface area contributed by atoms with E-state index in [0.29, 0.717) is 27.4 Å². The highest BCUT2D eigenvalue weighted by atomic mass is 28.3. The van der Waals surface area contributed by atoms with Gasteiger partial charge in [0.15, 0.2) is 0 Å². The van der Waals surface area contributed by atoms with Crippen molar-refractivity contribution in [3.63, 3.8) is 0 Å². The molecule has 2 atom stereocenters. The van der Waals surface area contributed by atoms with E-state index in [1.54, 1.807) is 10.9 Å². The van der Waals surface area contributed by atoms with Crippen LogP contribution in [0.1, 0.15) is 41.5 Å². The summed E-state index contributed by atoms with van der Waals surface area (Å²) in [7, 11) is -1.98. The van der Waals surface area contributed by atoms with Crippen LogP contribution in [0.2, 0.25) is 50.3 Å². The van der Waals surface area contributed by atoms with Crippen molar-refractivity contribution >= 4 is 35.5 Å². The molecule has 4 aliphatic rings. The number of allylic oxidation sites excluding steroid dienone is 8. The van der Waals surface area contributed by atoms with E-state index >= 15 is 0 Å². The second kappa shape index (κ2) is 6.70. The van der Waals surface area contributed by atoms with Gasteiger partial charge >= 0.3 is 0 Å². The van der Waals surface area contributed by atoms with Crippen LogP contribution in [0.4, 0.5) is 0 Å². The second-order valence-corrected chi connectivity index (χ2v) is 18.1. The van der Waals surface area contributed by atoms with Gasteiger partial charge in [0.1, 0.15) is 0 Å². The zero-order valence-electron chi connectivity index (χ0n) is 22.2. The van der Waals surface area contributed by atoms with E-state index in [4.69, 9.17) is 0 Å². The maximum atomic E-state index is 2.81. The second-order valence-electron chi connectivity index (χ2n) is 13.2. The van der Waals surface area contributed by atoms with Crippen LogP contribution in [-0.4, -0.2) is 56.0 Å². The van der Waals surface area contributed by atoms with E-state index in [-0.39, 0.29) is 21.0 Å². The van der Waals surface area contributed by atoms with E-state index in [0.717, 1.165) is 0 Å². The molecule has 0 saturated carbocycles. The molecule has 2 aliphatic heterocycles. The summed E-state index contributed by atoms with van der Waals surface area (Å²) in [6, 6.07) is 0. The molecule has 0 radical (unpaired) electrons. The molecule has 2 heterocycles. The fourth-order valence-electron chi connectivity index (χ4n) is 9.06. The third-order valence-electron chi connectivity index (χ3n) is 9.73. The Balaban J connectivity index is 1.92. The predicted octanol–water partition coefficient (Wildman–Crippen LogP) is 6.04. The molecule has 2 nitrogen and oxygen atoms in total. The Hall–Kier alpha value is -0.643. The van der Waals surface area contributed by atoms with Gasteiger partial charge in [-0.2, -0.15) is 0 Å². The lowest BCUT2D eigenvalue weighted by Gasteiger charge is -2.56. The molecule has 0 N–H and O–H groups in total. The third-order valence-corrected chi connectivity index (χ3v) is 15.6. The van der Waals surface area contributed by atoms with Crippen LogP contribution in [0.5, 0.6) is 0 Å². The van der Waals surface area contributed by atoms with Gasteiger partial charge in [0.05, 0.1) is 8.07 Å². The molecule has 0 aromatic carbocycles. The standard InChI is InChI=1S/C24H42B4N2Si/c1-21(2,3)29-25(7)19-15-13-17-23(19,27(29)9)31(11,12)24-18-14-16-20(24)26(8)30(28(24)10)22(4,5)6/h13-18H,1-12H3. The number of nitrogens with zero attached hydrogens (tertiary/aromatic N) is 2. The van der Waals surface area contributed by atoms with Crippen LogP contribution in [-0.2, 0) is 0 Å². The van der Waals surface area contributed by atoms with Gasteiger partial charge in [-0.25, -0.2) is 0 Å². The smallest absolute Gasteiger partial charge is 0.239 e. The summed E-state index contributed by atoms with van der Waals surface area (Å²) in [4.78, 5) is 0.324. The number of hydrogen-bond donors (Lipinski definition) is 0. The molecule has 0 spiro atoms. The lowest BCUT2D eigenvalue weighted by molar-refractivity contribution is 0.367. The molecule has 2 unspecified atom stereocenters. The minimum absolute atomic E-state index is 0.156. The molecule has 31 heavy (non-hydrogen) atoms. The van der Waals surface area contributed by atoms with Crippen molar-refractivity contribution in [2.24, 2.45) is 0 Å². The first-order valence-corrected chi connectivity index (χ1v) is 15.4. The van der Waals surface area contributed by atoms with Crippen molar-refractivity contribution in [3.8, 4) is 0 Å². The van der Waals surface area contributed by atoms with Crippen LogP contribution < -0.4 is 0 Å². The summed E-state index contributed by atoms with van der Waals surface area (Å²) in [6.07, 6.45) is 15.0. The summed E-state index contributed by atoms with van der Waals surface area (Å²) >= 11 is 0. The topological polar surface area (TPSA) is 6.48 Å². The van der Waals surface area contributed by atoms with Gasteiger partial charge in [-0.3, -0.25) is 0 Å². The Kier molecular flexibility index (Phi) is 5.08. The van der Waals surface area contributed by atoms with Gasteiger partial charge in [0.2, 0.25) is 27.4 Å². The Morgan fingerprint density at radius 2 is 1.00 bits per heavy atom. The SMILES string of the molecule is CB1C2=CC=CC2([Si](C)(C)C23C=CC=C2B(C)N(C(C)(C)C)B3C)B(C)N1C(C)(C)C. The highest BCUT2D eigenvalue weighted by Gasteiger charge is 2.73.